The van der Waals surface area contributed by atoms with Crippen LogP contribution in [0.1, 0.15) is 0 Å². The minimum absolute atomic E-state index is 0.0513. The number of primary sulfonamides is 1. The average molecular weight is 418 g/mol. The van der Waals surface area contributed by atoms with Gasteiger partial charge in [-0.1, -0.05) is 0 Å². The van der Waals surface area contributed by atoms with Crippen molar-refractivity contribution in [3.63, 3.8) is 0 Å². The number of benzene rings is 2. The first-order valence-corrected chi connectivity index (χ1v) is 10.2. The van der Waals surface area contributed by atoms with Crippen molar-refractivity contribution in [2.24, 2.45) is 5.14 Å². The van der Waals surface area contributed by atoms with E-state index >= 15 is 0 Å². The van der Waals surface area contributed by atoms with Crippen molar-refractivity contribution in [2.45, 2.75) is 4.90 Å². The quantitative estimate of drug-likeness (QED) is 0.743. The van der Waals surface area contributed by atoms with Gasteiger partial charge in [0.2, 0.25) is 22.7 Å². The van der Waals surface area contributed by atoms with Crippen LogP contribution in [-0.2, 0) is 14.8 Å². The topological polar surface area (TPSA) is 131 Å². The third-order valence-corrected chi connectivity index (χ3v) is 5.49. The summed E-state index contributed by atoms with van der Waals surface area (Å²) in [6.45, 7) is 0.855. The molecule has 0 aromatic heterocycles. The summed E-state index contributed by atoms with van der Waals surface area (Å²) in [5.41, 5.74) is 1.07. The zero-order valence-electron chi connectivity index (χ0n) is 15.2. The summed E-state index contributed by atoms with van der Waals surface area (Å²) in [4.78, 5) is 27.9. The summed E-state index contributed by atoms with van der Waals surface area (Å²) < 4.78 is 33.1. The van der Waals surface area contributed by atoms with Gasteiger partial charge in [-0.05, 0) is 36.4 Å². The van der Waals surface area contributed by atoms with E-state index in [1.54, 1.807) is 23.1 Å². The molecule has 2 aromatic rings. The van der Waals surface area contributed by atoms with Crippen LogP contribution in [0.4, 0.5) is 16.2 Å². The lowest BCUT2D eigenvalue weighted by Gasteiger charge is -2.18. The number of urea groups is 1. The molecule has 11 heteroatoms. The number of carbonyl (C=O) groups is 2. The zero-order valence-corrected chi connectivity index (χ0v) is 16.0. The second-order valence-electron chi connectivity index (χ2n) is 6.51. The number of nitrogens with one attached hydrogen (secondary N) is 1. The molecule has 152 valence electrons. The summed E-state index contributed by atoms with van der Waals surface area (Å²) in [5, 5.41) is 7.68. The van der Waals surface area contributed by atoms with Crippen LogP contribution in [0.2, 0.25) is 0 Å². The Morgan fingerprint density at radius 1 is 1.07 bits per heavy atom. The first-order valence-electron chi connectivity index (χ1n) is 8.70. The Bertz CT molecular complexity index is 1070. The number of nitrogens with two attached hydrogens (primary N) is 1. The fraction of sp³-hybridized carbons (Fsp3) is 0.222. The maximum atomic E-state index is 12.7. The van der Waals surface area contributed by atoms with Crippen molar-refractivity contribution < 1.29 is 27.5 Å². The van der Waals surface area contributed by atoms with E-state index in [9.17, 15) is 18.0 Å². The molecule has 0 unspecified atom stereocenters. The highest BCUT2D eigenvalue weighted by atomic mass is 32.2. The predicted octanol–water partition coefficient (Wildman–Crippen LogP) is 0.943. The molecule has 1 saturated heterocycles. The maximum absolute atomic E-state index is 12.7. The summed E-state index contributed by atoms with van der Waals surface area (Å²) in [7, 11) is -3.80. The molecule has 29 heavy (non-hydrogen) atoms. The summed E-state index contributed by atoms with van der Waals surface area (Å²) in [6, 6.07) is 10.4. The molecule has 0 saturated carbocycles. The van der Waals surface area contributed by atoms with Gasteiger partial charge in [-0.25, -0.2) is 18.4 Å². The molecule has 0 aliphatic carbocycles. The van der Waals surface area contributed by atoms with Gasteiger partial charge in [-0.15, -0.1) is 0 Å². The third-order valence-electron chi connectivity index (χ3n) is 4.56. The lowest BCUT2D eigenvalue weighted by molar-refractivity contribution is -0.116. The second-order valence-corrected chi connectivity index (χ2v) is 8.07. The van der Waals surface area contributed by atoms with Gasteiger partial charge in [0.15, 0.2) is 11.5 Å². The Morgan fingerprint density at radius 3 is 2.52 bits per heavy atom. The number of hydrogen-bond donors (Lipinski definition) is 2. The minimum atomic E-state index is -3.80. The Kier molecular flexibility index (Phi) is 4.76. The van der Waals surface area contributed by atoms with Crippen LogP contribution in [0.15, 0.2) is 47.4 Å². The van der Waals surface area contributed by atoms with E-state index in [-0.39, 0.29) is 24.3 Å². The van der Waals surface area contributed by atoms with Gasteiger partial charge < -0.3 is 19.7 Å². The van der Waals surface area contributed by atoms with Crippen molar-refractivity contribution in [1.29, 1.82) is 0 Å². The molecule has 2 aliphatic rings. The van der Waals surface area contributed by atoms with Crippen LogP contribution in [0.5, 0.6) is 11.5 Å². The van der Waals surface area contributed by atoms with Gasteiger partial charge in [0.05, 0.1) is 4.90 Å². The van der Waals surface area contributed by atoms with E-state index in [1.807, 2.05) is 0 Å². The molecular weight excluding hydrogens is 400 g/mol. The normalized spacial score (nSPS) is 15.7. The van der Waals surface area contributed by atoms with Crippen molar-refractivity contribution in [2.75, 3.05) is 36.6 Å². The van der Waals surface area contributed by atoms with Gasteiger partial charge in [0.25, 0.3) is 0 Å². The largest absolute Gasteiger partial charge is 0.454 e. The number of anilines is 2. The maximum Gasteiger partial charge on any atom is 0.325 e. The molecule has 2 aromatic carbocycles. The van der Waals surface area contributed by atoms with Gasteiger partial charge in [0.1, 0.15) is 6.54 Å². The summed E-state index contributed by atoms with van der Waals surface area (Å²) in [6.07, 6.45) is 0. The molecule has 3 N–H and O–H groups in total. The molecule has 0 atom stereocenters. The Balaban J connectivity index is 1.37. The highest BCUT2D eigenvalue weighted by Crippen LogP contribution is 2.36. The highest BCUT2D eigenvalue weighted by Gasteiger charge is 2.31. The van der Waals surface area contributed by atoms with Crippen LogP contribution < -0.4 is 24.8 Å². The van der Waals surface area contributed by atoms with Gasteiger partial charge >= 0.3 is 6.03 Å². The first kappa shape index (κ1) is 19.0. The van der Waals surface area contributed by atoms with Crippen LogP contribution in [-0.4, -0.2) is 51.7 Å². The molecule has 4 rings (SSSR count). The lowest BCUT2D eigenvalue weighted by atomic mass is 10.2. The molecule has 0 radical (unpaired) electrons. The highest BCUT2D eigenvalue weighted by molar-refractivity contribution is 7.89. The fourth-order valence-corrected chi connectivity index (χ4v) is 3.64. The van der Waals surface area contributed by atoms with E-state index in [1.165, 1.54) is 29.2 Å². The van der Waals surface area contributed by atoms with E-state index in [0.29, 0.717) is 36.0 Å². The minimum Gasteiger partial charge on any atom is -0.454 e. The van der Waals surface area contributed by atoms with Crippen LogP contribution >= 0.6 is 0 Å². The number of fused-ring (bicyclic) bond motifs is 1. The molecule has 0 spiro atoms. The third kappa shape index (κ3) is 3.96. The van der Waals surface area contributed by atoms with Crippen molar-refractivity contribution in [3.8, 4) is 11.5 Å². The average Bonchev–Trinajstić information content (AvgIpc) is 3.28. The molecule has 0 bridgehead atoms. The summed E-state index contributed by atoms with van der Waals surface area (Å²) in [5.74, 6) is 0.814. The van der Waals surface area contributed by atoms with Crippen LogP contribution in [0.25, 0.3) is 0 Å². The standard InChI is InChI=1S/C18H18N4O6S/c19-29(25,26)14-4-1-12(2-5-14)20-17(23)10-21-7-8-22(18(21)24)13-3-6-15-16(9-13)28-11-27-15/h1-6,9H,7-8,10-11H2,(H,20,23)(H2,19,25,26). The zero-order chi connectivity index (χ0) is 20.6. The van der Waals surface area contributed by atoms with Crippen molar-refractivity contribution in [1.82, 2.24) is 4.90 Å². The van der Waals surface area contributed by atoms with E-state index in [0.717, 1.165) is 0 Å². The smallest absolute Gasteiger partial charge is 0.325 e. The van der Waals surface area contributed by atoms with E-state index in [4.69, 9.17) is 14.6 Å². The van der Waals surface area contributed by atoms with E-state index < -0.39 is 15.9 Å². The number of hydrogen-bond acceptors (Lipinski definition) is 6. The van der Waals surface area contributed by atoms with Gasteiger partial charge in [-0.2, -0.15) is 0 Å². The number of ether oxygens (including phenoxy) is 2. The number of carbonyl (C=O) groups excluding carboxylic acids is 2. The fourth-order valence-electron chi connectivity index (χ4n) is 3.12. The first-order chi connectivity index (χ1) is 13.8. The Labute approximate surface area is 166 Å². The van der Waals surface area contributed by atoms with Crippen molar-refractivity contribution >= 4 is 33.3 Å². The molecule has 3 amide bonds. The molecule has 1 fully saturated rings. The van der Waals surface area contributed by atoms with Crippen LogP contribution in [0.3, 0.4) is 0 Å². The van der Waals surface area contributed by atoms with Crippen LogP contribution in [0, 0.1) is 0 Å². The molecule has 2 heterocycles. The predicted molar refractivity (Wildman–Crippen MR) is 103 cm³/mol. The Morgan fingerprint density at radius 2 is 1.79 bits per heavy atom. The number of rotatable bonds is 5. The Hall–Kier alpha value is -3.31. The summed E-state index contributed by atoms with van der Waals surface area (Å²) >= 11 is 0. The number of sulfonamides is 1. The monoisotopic (exact) mass is 418 g/mol. The lowest BCUT2D eigenvalue weighted by Crippen LogP contribution is -2.37. The number of nitrogens with zero attached hydrogens (tertiary/aromatic N) is 2. The van der Waals surface area contributed by atoms with E-state index in [2.05, 4.69) is 5.32 Å². The molecular formula is C18H18N4O6S. The SMILES string of the molecule is NS(=O)(=O)c1ccc(NC(=O)CN2CCN(c3ccc4c(c3)OCO4)C2=O)cc1. The molecule has 2 aliphatic heterocycles. The van der Waals surface area contributed by atoms with Gasteiger partial charge in [-0.3, -0.25) is 9.69 Å². The molecule has 10 nitrogen and oxygen atoms in total. The van der Waals surface area contributed by atoms with Crippen molar-refractivity contribution in [3.05, 3.63) is 42.5 Å². The second kappa shape index (κ2) is 7.26. The van der Waals surface area contributed by atoms with Gasteiger partial charge in [0, 0.05) is 30.5 Å². The number of amides is 3.